The second-order valence-electron chi connectivity index (χ2n) is 1.79. The molecule has 0 unspecified atom stereocenters. The number of furan rings is 1. The zero-order valence-electron chi connectivity index (χ0n) is 5.28. The fourth-order valence-electron chi connectivity index (χ4n) is 0.548. The molecule has 1 amide bonds. The van der Waals surface area contributed by atoms with Crippen molar-refractivity contribution in [3.8, 4) is 0 Å². The summed E-state index contributed by atoms with van der Waals surface area (Å²) >= 11 is 0. The van der Waals surface area contributed by atoms with E-state index >= 15 is 0 Å². The lowest BCUT2D eigenvalue weighted by Gasteiger charge is -1.78. The monoisotopic (exact) mass is 137 g/mol. The second kappa shape index (κ2) is 2.87. The highest BCUT2D eigenvalue weighted by atomic mass is 16.3. The van der Waals surface area contributed by atoms with Gasteiger partial charge in [0.15, 0.2) is 0 Å². The standard InChI is InChI=1S/C7H7NO2/c8-7(9)2-1-6-3-4-10-5-6/h1-5H,(H2,8,9)/b2-1+. The van der Waals surface area contributed by atoms with E-state index < -0.39 is 5.91 Å². The Balaban J connectivity index is 2.64. The van der Waals surface area contributed by atoms with Crippen LogP contribution in [0.5, 0.6) is 0 Å². The van der Waals surface area contributed by atoms with Crippen LogP contribution in [0, 0.1) is 0 Å². The molecule has 0 aliphatic carbocycles. The van der Waals surface area contributed by atoms with Crippen LogP contribution in [0.15, 0.2) is 29.1 Å². The summed E-state index contributed by atoms with van der Waals surface area (Å²) in [6, 6.07) is 1.74. The molecule has 2 N–H and O–H groups in total. The van der Waals surface area contributed by atoms with E-state index in [0.29, 0.717) is 0 Å². The lowest BCUT2D eigenvalue weighted by Crippen LogP contribution is -2.04. The maximum absolute atomic E-state index is 10.2. The maximum Gasteiger partial charge on any atom is 0.241 e. The van der Waals surface area contributed by atoms with Crippen molar-refractivity contribution in [2.24, 2.45) is 5.73 Å². The van der Waals surface area contributed by atoms with Gasteiger partial charge in [0, 0.05) is 11.6 Å². The molecular formula is C7H7NO2. The van der Waals surface area contributed by atoms with Gasteiger partial charge in [-0.15, -0.1) is 0 Å². The minimum absolute atomic E-state index is 0.457. The summed E-state index contributed by atoms with van der Waals surface area (Å²) in [4.78, 5) is 10.2. The topological polar surface area (TPSA) is 56.2 Å². The molecule has 1 aromatic heterocycles. The van der Waals surface area contributed by atoms with E-state index in [0.717, 1.165) is 5.56 Å². The lowest BCUT2D eigenvalue weighted by atomic mass is 10.3. The summed E-state index contributed by atoms with van der Waals surface area (Å²) in [6.45, 7) is 0. The zero-order chi connectivity index (χ0) is 7.40. The molecule has 0 atom stereocenters. The molecule has 1 aromatic rings. The quantitative estimate of drug-likeness (QED) is 0.612. The van der Waals surface area contributed by atoms with Gasteiger partial charge in [-0.25, -0.2) is 0 Å². The van der Waals surface area contributed by atoms with Gasteiger partial charge in [0.25, 0.3) is 0 Å². The highest BCUT2D eigenvalue weighted by Crippen LogP contribution is 2.00. The number of hydrogen-bond acceptors (Lipinski definition) is 2. The van der Waals surface area contributed by atoms with Gasteiger partial charge in [-0.3, -0.25) is 4.79 Å². The molecule has 3 nitrogen and oxygen atoms in total. The highest BCUT2D eigenvalue weighted by molar-refractivity contribution is 5.90. The van der Waals surface area contributed by atoms with Gasteiger partial charge in [-0.05, 0) is 12.1 Å². The molecule has 0 aromatic carbocycles. The van der Waals surface area contributed by atoms with Gasteiger partial charge in [0.05, 0.1) is 12.5 Å². The van der Waals surface area contributed by atoms with Gasteiger partial charge in [0.1, 0.15) is 0 Å². The van der Waals surface area contributed by atoms with E-state index in [1.807, 2.05) is 0 Å². The third kappa shape index (κ3) is 1.78. The smallest absolute Gasteiger partial charge is 0.241 e. The average molecular weight is 137 g/mol. The molecule has 0 bridgehead atoms. The first kappa shape index (κ1) is 6.61. The van der Waals surface area contributed by atoms with Crippen LogP contribution in [0.3, 0.4) is 0 Å². The van der Waals surface area contributed by atoms with Crippen LogP contribution in [-0.4, -0.2) is 5.91 Å². The van der Waals surface area contributed by atoms with Gasteiger partial charge < -0.3 is 10.2 Å². The highest BCUT2D eigenvalue weighted by Gasteiger charge is 1.86. The Morgan fingerprint density at radius 1 is 1.70 bits per heavy atom. The first-order chi connectivity index (χ1) is 4.79. The minimum Gasteiger partial charge on any atom is -0.472 e. The number of carbonyl (C=O) groups excluding carboxylic acids is 1. The summed E-state index contributed by atoms with van der Waals surface area (Å²) in [5, 5.41) is 0. The molecular weight excluding hydrogens is 130 g/mol. The Bertz CT molecular complexity index is 236. The summed E-state index contributed by atoms with van der Waals surface area (Å²) in [5.41, 5.74) is 5.68. The number of rotatable bonds is 2. The third-order valence-corrected chi connectivity index (χ3v) is 0.983. The van der Waals surface area contributed by atoms with Gasteiger partial charge in [0.2, 0.25) is 5.91 Å². The SMILES string of the molecule is NC(=O)/C=C/c1ccoc1. The van der Waals surface area contributed by atoms with Gasteiger partial charge >= 0.3 is 0 Å². The summed E-state index contributed by atoms with van der Waals surface area (Å²) in [7, 11) is 0. The predicted octanol–water partition coefficient (Wildman–Crippen LogP) is 0.778. The molecule has 0 spiro atoms. The number of carbonyl (C=O) groups is 1. The van der Waals surface area contributed by atoms with Crippen molar-refractivity contribution in [1.82, 2.24) is 0 Å². The first-order valence-electron chi connectivity index (χ1n) is 2.79. The van der Waals surface area contributed by atoms with Crippen molar-refractivity contribution in [1.29, 1.82) is 0 Å². The largest absolute Gasteiger partial charge is 0.472 e. The molecule has 0 fully saturated rings. The number of nitrogens with two attached hydrogens (primary N) is 1. The first-order valence-corrected chi connectivity index (χ1v) is 2.79. The van der Waals surface area contributed by atoms with Crippen molar-refractivity contribution in [2.45, 2.75) is 0 Å². The molecule has 3 heteroatoms. The molecule has 1 rings (SSSR count). The van der Waals surface area contributed by atoms with Crippen molar-refractivity contribution in [3.63, 3.8) is 0 Å². The Hall–Kier alpha value is -1.51. The van der Waals surface area contributed by atoms with Crippen LogP contribution in [0.1, 0.15) is 5.56 Å². The van der Waals surface area contributed by atoms with Crippen molar-refractivity contribution >= 4 is 12.0 Å². The molecule has 0 radical (unpaired) electrons. The van der Waals surface area contributed by atoms with E-state index in [-0.39, 0.29) is 0 Å². The molecule has 52 valence electrons. The van der Waals surface area contributed by atoms with Crippen LogP contribution in [0.2, 0.25) is 0 Å². The van der Waals surface area contributed by atoms with Crippen molar-refractivity contribution in [2.75, 3.05) is 0 Å². The lowest BCUT2D eigenvalue weighted by molar-refractivity contribution is -0.113. The van der Waals surface area contributed by atoms with Crippen molar-refractivity contribution < 1.29 is 9.21 Å². The molecule has 0 saturated carbocycles. The Morgan fingerprint density at radius 2 is 2.50 bits per heavy atom. The average Bonchev–Trinajstić information content (AvgIpc) is 2.34. The van der Waals surface area contributed by atoms with Crippen LogP contribution < -0.4 is 5.73 Å². The Kier molecular flexibility index (Phi) is 1.89. The maximum atomic E-state index is 10.2. The van der Waals surface area contributed by atoms with E-state index in [1.165, 1.54) is 18.6 Å². The van der Waals surface area contributed by atoms with E-state index in [2.05, 4.69) is 0 Å². The van der Waals surface area contributed by atoms with Gasteiger partial charge in [-0.2, -0.15) is 0 Å². The minimum atomic E-state index is -0.457. The zero-order valence-corrected chi connectivity index (χ0v) is 5.28. The van der Waals surface area contributed by atoms with Crippen LogP contribution >= 0.6 is 0 Å². The van der Waals surface area contributed by atoms with Crippen LogP contribution in [-0.2, 0) is 4.79 Å². The fourth-order valence-corrected chi connectivity index (χ4v) is 0.548. The summed E-state index contributed by atoms with van der Waals surface area (Å²) < 4.78 is 4.74. The summed E-state index contributed by atoms with van der Waals surface area (Å²) in [5.74, 6) is -0.457. The number of amides is 1. The number of primary amides is 1. The third-order valence-electron chi connectivity index (χ3n) is 0.983. The normalized spacial score (nSPS) is 10.4. The van der Waals surface area contributed by atoms with E-state index in [4.69, 9.17) is 10.2 Å². The Labute approximate surface area is 58.1 Å². The molecule has 10 heavy (non-hydrogen) atoms. The van der Waals surface area contributed by atoms with E-state index in [1.54, 1.807) is 12.1 Å². The number of hydrogen-bond donors (Lipinski definition) is 1. The Morgan fingerprint density at radius 3 is 3.00 bits per heavy atom. The van der Waals surface area contributed by atoms with Gasteiger partial charge in [-0.1, -0.05) is 0 Å². The van der Waals surface area contributed by atoms with Crippen molar-refractivity contribution in [3.05, 3.63) is 30.2 Å². The summed E-state index contributed by atoms with van der Waals surface area (Å²) in [6.07, 6.45) is 5.93. The molecule has 0 saturated heterocycles. The van der Waals surface area contributed by atoms with Crippen LogP contribution in [0.25, 0.3) is 6.08 Å². The van der Waals surface area contributed by atoms with E-state index in [9.17, 15) is 4.79 Å². The van der Waals surface area contributed by atoms with Crippen LogP contribution in [0.4, 0.5) is 0 Å². The fraction of sp³-hybridized carbons (Fsp3) is 0. The predicted molar refractivity (Wildman–Crippen MR) is 36.9 cm³/mol. The molecule has 0 aliphatic heterocycles. The second-order valence-corrected chi connectivity index (χ2v) is 1.79. The molecule has 0 aliphatic rings. The molecule has 1 heterocycles.